The van der Waals surface area contributed by atoms with Crippen molar-refractivity contribution in [3.63, 3.8) is 0 Å². The van der Waals surface area contributed by atoms with Crippen LogP contribution in [0.25, 0.3) is 0 Å². The summed E-state index contributed by atoms with van der Waals surface area (Å²) in [7, 11) is -3.29. The molecule has 8 nitrogen and oxygen atoms in total. The highest BCUT2D eigenvalue weighted by atomic mass is 32.2. The van der Waals surface area contributed by atoms with Gasteiger partial charge in [0, 0.05) is 57.4 Å². The summed E-state index contributed by atoms with van der Waals surface area (Å²) in [5.41, 5.74) is 1.86. The fourth-order valence-corrected chi connectivity index (χ4v) is 4.78. The molecule has 2 aliphatic heterocycles. The van der Waals surface area contributed by atoms with Gasteiger partial charge in [0.1, 0.15) is 18.2 Å². The predicted molar refractivity (Wildman–Crippen MR) is 119 cm³/mol. The Morgan fingerprint density at radius 2 is 1.90 bits per heavy atom. The second-order valence-corrected chi connectivity index (χ2v) is 9.93. The van der Waals surface area contributed by atoms with Gasteiger partial charge >= 0.3 is 0 Å². The molecule has 4 rings (SSSR count). The van der Waals surface area contributed by atoms with Crippen molar-refractivity contribution in [2.45, 2.75) is 19.4 Å². The number of nitrogens with zero attached hydrogens (tertiary/aromatic N) is 4. The standard InChI is InChI=1S/C22H28N4O4S/c1-31(28,29)26-14-15-30-20-7-5-18(16-19(20)17-26)6-8-22(27)25-12-10-24(11-13-25)21-4-2-3-9-23-21/h2-5,7,9,16H,6,8,10-15,17H2,1H3. The van der Waals surface area contributed by atoms with Crippen LogP contribution in [0, 0.1) is 0 Å². The molecule has 0 spiro atoms. The van der Waals surface area contributed by atoms with Crippen LogP contribution in [0.3, 0.4) is 0 Å². The number of hydrogen-bond acceptors (Lipinski definition) is 6. The maximum atomic E-state index is 12.7. The molecule has 0 N–H and O–H groups in total. The van der Waals surface area contributed by atoms with Crippen molar-refractivity contribution >= 4 is 21.7 Å². The normalized spacial score (nSPS) is 17.6. The minimum Gasteiger partial charge on any atom is -0.492 e. The van der Waals surface area contributed by atoms with Crippen LogP contribution in [-0.2, 0) is 27.8 Å². The molecule has 1 saturated heterocycles. The van der Waals surface area contributed by atoms with Crippen LogP contribution in [0.2, 0.25) is 0 Å². The Labute approximate surface area is 183 Å². The number of hydrogen-bond donors (Lipinski definition) is 0. The minimum absolute atomic E-state index is 0.143. The smallest absolute Gasteiger partial charge is 0.223 e. The fraction of sp³-hybridized carbons (Fsp3) is 0.455. The van der Waals surface area contributed by atoms with E-state index in [-0.39, 0.29) is 5.91 Å². The summed E-state index contributed by atoms with van der Waals surface area (Å²) in [6, 6.07) is 11.7. The van der Waals surface area contributed by atoms with Crippen molar-refractivity contribution in [2.24, 2.45) is 0 Å². The molecular weight excluding hydrogens is 416 g/mol. The number of piperazine rings is 1. The Hall–Kier alpha value is -2.65. The number of carbonyl (C=O) groups is 1. The minimum atomic E-state index is -3.29. The van der Waals surface area contributed by atoms with E-state index in [4.69, 9.17) is 4.74 Å². The number of rotatable bonds is 5. The number of carbonyl (C=O) groups excluding carboxylic acids is 1. The van der Waals surface area contributed by atoms with Crippen molar-refractivity contribution in [3.8, 4) is 5.75 Å². The molecule has 31 heavy (non-hydrogen) atoms. The van der Waals surface area contributed by atoms with E-state index in [1.807, 2.05) is 41.3 Å². The number of benzene rings is 1. The molecule has 2 aromatic rings. The highest BCUT2D eigenvalue weighted by Gasteiger charge is 2.24. The van der Waals surface area contributed by atoms with Gasteiger partial charge in [-0.15, -0.1) is 0 Å². The number of amides is 1. The molecule has 0 unspecified atom stereocenters. The maximum Gasteiger partial charge on any atom is 0.223 e. The van der Waals surface area contributed by atoms with Gasteiger partial charge in [-0.25, -0.2) is 13.4 Å². The first-order chi connectivity index (χ1) is 14.9. The molecule has 0 saturated carbocycles. The molecule has 1 amide bonds. The van der Waals surface area contributed by atoms with E-state index in [0.29, 0.717) is 51.4 Å². The molecule has 0 atom stereocenters. The third kappa shape index (κ3) is 5.34. The van der Waals surface area contributed by atoms with E-state index < -0.39 is 10.0 Å². The van der Waals surface area contributed by atoms with Crippen LogP contribution >= 0.6 is 0 Å². The first kappa shape index (κ1) is 21.6. The van der Waals surface area contributed by atoms with Gasteiger partial charge in [0.2, 0.25) is 15.9 Å². The molecule has 1 aromatic carbocycles. The largest absolute Gasteiger partial charge is 0.492 e. The van der Waals surface area contributed by atoms with Crippen LogP contribution in [0.5, 0.6) is 5.75 Å². The second kappa shape index (κ2) is 9.23. The van der Waals surface area contributed by atoms with Gasteiger partial charge < -0.3 is 14.5 Å². The molecule has 1 aromatic heterocycles. The van der Waals surface area contributed by atoms with E-state index in [1.54, 1.807) is 6.20 Å². The molecule has 0 radical (unpaired) electrons. The zero-order chi connectivity index (χ0) is 21.8. The van der Waals surface area contributed by atoms with E-state index in [9.17, 15) is 13.2 Å². The van der Waals surface area contributed by atoms with Crippen LogP contribution in [0.4, 0.5) is 5.82 Å². The van der Waals surface area contributed by atoms with Gasteiger partial charge in [-0.05, 0) is 30.2 Å². The van der Waals surface area contributed by atoms with Gasteiger partial charge in [0.25, 0.3) is 0 Å². The Bertz CT molecular complexity index is 1020. The average Bonchev–Trinajstić information content (AvgIpc) is 3.00. The molecule has 9 heteroatoms. The van der Waals surface area contributed by atoms with E-state index in [1.165, 1.54) is 10.6 Å². The highest BCUT2D eigenvalue weighted by Crippen LogP contribution is 2.26. The van der Waals surface area contributed by atoms with Gasteiger partial charge in [0.05, 0.1) is 6.26 Å². The maximum absolute atomic E-state index is 12.7. The molecule has 3 heterocycles. The van der Waals surface area contributed by atoms with Crippen LogP contribution in [-0.4, -0.2) is 74.1 Å². The number of aromatic nitrogens is 1. The lowest BCUT2D eigenvalue weighted by Gasteiger charge is -2.35. The quantitative estimate of drug-likeness (QED) is 0.695. The molecule has 166 valence electrons. The summed E-state index contributed by atoms with van der Waals surface area (Å²) in [5.74, 6) is 1.81. The Morgan fingerprint density at radius 1 is 1.10 bits per heavy atom. The lowest BCUT2D eigenvalue weighted by atomic mass is 10.0. The van der Waals surface area contributed by atoms with Crippen molar-refractivity contribution in [1.82, 2.24) is 14.2 Å². The Kier molecular flexibility index (Phi) is 6.43. The van der Waals surface area contributed by atoms with Crippen molar-refractivity contribution < 1.29 is 17.9 Å². The van der Waals surface area contributed by atoms with Gasteiger partial charge in [-0.2, -0.15) is 4.31 Å². The number of aryl methyl sites for hydroxylation is 1. The summed E-state index contributed by atoms with van der Waals surface area (Å²) in [4.78, 5) is 21.2. The summed E-state index contributed by atoms with van der Waals surface area (Å²) >= 11 is 0. The molecule has 0 bridgehead atoms. The topological polar surface area (TPSA) is 83.0 Å². The molecular formula is C22H28N4O4S. The van der Waals surface area contributed by atoms with Gasteiger partial charge in [-0.3, -0.25) is 4.79 Å². The molecule has 0 aliphatic carbocycles. The monoisotopic (exact) mass is 444 g/mol. The SMILES string of the molecule is CS(=O)(=O)N1CCOc2ccc(CCC(=O)N3CCN(c4ccccn4)CC3)cc2C1. The lowest BCUT2D eigenvalue weighted by molar-refractivity contribution is -0.131. The predicted octanol–water partition coefficient (Wildman–Crippen LogP) is 1.52. The van der Waals surface area contributed by atoms with Crippen LogP contribution in [0.15, 0.2) is 42.6 Å². The third-order valence-corrected chi connectivity index (χ3v) is 7.02. The summed E-state index contributed by atoms with van der Waals surface area (Å²) in [6.07, 6.45) is 4.05. The van der Waals surface area contributed by atoms with Gasteiger partial charge in [0.15, 0.2) is 0 Å². The van der Waals surface area contributed by atoms with E-state index >= 15 is 0 Å². The van der Waals surface area contributed by atoms with Crippen molar-refractivity contribution in [2.75, 3.05) is 50.5 Å². The zero-order valence-corrected chi connectivity index (χ0v) is 18.6. The first-order valence-corrected chi connectivity index (χ1v) is 12.4. The summed E-state index contributed by atoms with van der Waals surface area (Å²) in [6.45, 7) is 3.91. The van der Waals surface area contributed by atoms with Crippen molar-refractivity contribution in [3.05, 3.63) is 53.7 Å². The number of fused-ring (bicyclic) bond motifs is 1. The Balaban J connectivity index is 1.32. The fourth-order valence-electron chi connectivity index (χ4n) is 4.00. The number of anilines is 1. The second-order valence-electron chi connectivity index (χ2n) is 7.94. The Morgan fingerprint density at radius 3 is 2.61 bits per heavy atom. The van der Waals surface area contributed by atoms with Gasteiger partial charge in [-0.1, -0.05) is 18.2 Å². The number of sulfonamides is 1. The third-order valence-electron chi connectivity index (χ3n) is 5.77. The van der Waals surface area contributed by atoms with E-state index in [2.05, 4.69) is 9.88 Å². The average molecular weight is 445 g/mol. The van der Waals surface area contributed by atoms with Crippen LogP contribution < -0.4 is 9.64 Å². The van der Waals surface area contributed by atoms with E-state index in [0.717, 1.165) is 30.0 Å². The number of ether oxygens (including phenoxy) is 1. The first-order valence-electron chi connectivity index (χ1n) is 10.5. The molecule has 2 aliphatic rings. The lowest BCUT2D eigenvalue weighted by Crippen LogP contribution is -2.49. The van der Waals surface area contributed by atoms with Crippen molar-refractivity contribution in [1.29, 1.82) is 0 Å². The highest BCUT2D eigenvalue weighted by molar-refractivity contribution is 7.88. The zero-order valence-electron chi connectivity index (χ0n) is 17.7. The number of pyridine rings is 1. The molecule has 1 fully saturated rings. The summed E-state index contributed by atoms with van der Waals surface area (Å²) in [5, 5.41) is 0. The van der Waals surface area contributed by atoms with Crippen LogP contribution in [0.1, 0.15) is 17.5 Å². The summed E-state index contributed by atoms with van der Waals surface area (Å²) < 4.78 is 31.0.